The van der Waals surface area contributed by atoms with E-state index in [9.17, 15) is 4.79 Å². The second kappa shape index (κ2) is 9.41. The molecule has 1 aromatic heterocycles. The molecule has 7 heteroatoms. The third-order valence-electron chi connectivity index (χ3n) is 5.70. The van der Waals surface area contributed by atoms with Crippen LogP contribution in [0.3, 0.4) is 0 Å². The van der Waals surface area contributed by atoms with Crippen LogP contribution in [-0.4, -0.2) is 67.2 Å². The number of morpholine rings is 1. The Kier molecular flexibility index (Phi) is 6.46. The molecule has 0 aliphatic carbocycles. The number of carbonyl (C=O) groups excluding carboxylic acids is 1. The molecule has 0 radical (unpaired) electrons. The number of amides is 1. The molecule has 0 unspecified atom stereocenters. The van der Waals surface area contributed by atoms with Crippen LogP contribution < -0.4 is 4.74 Å². The smallest absolute Gasteiger partial charge is 0.237 e. The maximum atomic E-state index is 13.0. The van der Waals surface area contributed by atoms with E-state index in [4.69, 9.17) is 13.9 Å². The summed E-state index contributed by atoms with van der Waals surface area (Å²) in [5, 5.41) is 0. The molecule has 2 aliphatic rings. The molecule has 0 N–H and O–H groups in total. The largest absolute Gasteiger partial charge is 0.496 e. The molecule has 1 atom stereocenters. The average molecular weight is 399 g/mol. The van der Waals surface area contributed by atoms with Gasteiger partial charge in [-0.2, -0.15) is 0 Å². The topological polar surface area (TPSA) is 68.0 Å². The first-order chi connectivity index (χ1) is 14.2. The highest BCUT2D eigenvalue weighted by Gasteiger charge is 2.32. The quantitative estimate of drug-likeness (QED) is 0.744. The monoisotopic (exact) mass is 399 g/mol. The maximum Gasteiger partial charge on any atom is 0.237 e. The van der Waals surface area contributed by atoms with Crippen molar-refractivity contribution in [1.82, 2.24) is 14.8 Å². The van der Waals surface area contributed by atoms with Gasteiger partial charge in [-0.3, -0.25) is 9.69 Å². The lowest BCUT2D eigenvalue weighted by atomic mass is 10.0. The van der Waals surface area contributed by atoms with Crippen LogP contribution in [0.4, 0.5) is 0 Å². The van der Waals surface area contributed by atoms with E-state index in [1.54, 1.807) is 13.3 Å². The van der Waals surface area contributed by atoms with Gasteiger partial charge in [0.2, 0.25) is 11.8 Å². The van der Waals surface area contributed by atoms with Crippen molar-refractivity contribution in [2.75, 3.05) is 46.5 Å². The number of rotatable bonds is 6. The highest BCUT2D eigenvalue weighted by molar-refractivity contribution is 5.78. The van der Waals surface area contributed by atoms with Gasteiger partial charge in [0.05, 0.1) is 33.1 Å². The van der Waals surface area contributed by atoms with Crippen molar-refractivity contribution < 1.29 is 18.7 Å². The van der Waals surface area contributed by atoms with Crippen LogP contribution in [0.1, 0.15) is 42.5 Å². The summed E-state index contributed by atoms with van der Waals surface area (Å²) >= 11 is 0. The van der Waals surface area contributed by atoms with E-state index in [1.807, 2.05) is 29.2 Å². The van der Waals surface area contributed by atoms with Gasteiger partial charge in [-0.25, -0.2) is 4.98 Å². The zero-order valence-corrected chi connectivity index (χ0v) is 17.0. The molecule has 7 nitrogen and oxygen atoms in total. The standard InChI is InChI=1S/C22H29N3O4/c1-27-20-8-3-2-6-17(20)14-18-15-23-22(29-18)19-7-4-5-9-25(19)21(26)16-24-10-12-28-13-11-24/h2-3,6,8,15,19H,4-5,7,9-14,16H2,1H3/t19-/m0/s1. The van der Waals surface area contributed by atoms with E-state index in [2.05, 4.69) is 9.88 Å². The SMILES string of the molecule is COc1ccccc1Cc1cnc([C@@H]2CCCCN2C(=O)CN2CCOCC2)o1. The molecule has 3 heterocycles. The lowest BCUT2D eigenvalue weighted by molar-refractivity contribution is -0.137. The number of benzene rings is 1. The number of para-hydroxylation sites is 1. The van der Waals surface area contributed by atoms with Crippen molar-refractivity contribution in [2.45, 2.75) is 31.7 Å². The molecule has 1 amide bonds. The number of aromatic nitrogens is 1. The summed E-state index contributed by atoms with van der Waals surface area (Å²) in [6.07, 6.45) is 5.40. The van der Waals surface area contributed by atoms with Gasteiger partial charge in [0, 0.05) is 31.6 Å². The van der Waals surface area contributed by atoms with Crippen molar-refractivity contribution >= 4 is 5.91 Å². The summed E-state index contributed by atoms with van der Waals surface area (Å²) < 4.78 is 16.9. The molecule has 2 aromatic rings. The van der Waals surface area contributed by atoms with Gasteiger partial charge in [0.1, 0.15) is 17.6 Å². The molecule has 0 spiro atoms. The molecule has 4 rings (SSSR count). The summed E-state index contributed by atoms with van der Waals surface area (Å²) in [6, 6.07) is 7.83. The average Bonchev–Trinajstić information content (AvgIpc) is 3.23. The van der Waals surface area contributed by atoms with Crippen molar-refractivity contribution in [1.29, 1.82) is 0 Å². The Morgan fingerprint density at radius 2 is 2.03 bits per heavy atom. The van der Waals surface area contributed by atoms with E-state index in [0.29, 0.717) is 32.1 Å². The highest BCUT2D eigenvalue weighted by Crippen LogP contribution is 2.31. The predicted octanol–water partition coefficient (Wildman–Crippen LogP) is 2.66. The number of carbonyl (C=O) groups is 1. The maximum absolute atomic E-state index is 13.0. The summed E-state index contributed by atoms with van der Waals surface area (Å²) in [6.45, 7) is 4.22. The van der Waals surface area contributed by atoms with Crippen LogP contribution >= 0.6 is 0 Å². The minimum Gasteiger partial charge on any atom is -0.496 e. The van der Waals surface area contributed by atoms with E-state index in [-0.39, 0.29) is 11.9 Å². The molecule has 2 aliphatic heterocycles. The number of nitrogens with zero attached hydrogens (tertiary/aromatic N) is 3. The Morgan fingerprint density at radius 1 is 1.21 bits per heavy atom. The summed E-state index contributed by atoms with van der Waals surface area (Å²) in [5.74, 6) is 2.42. The molecule has 156 valence electrons. The van der Waals surface area contributed by atoms with Crippen LogP contribution in [0, 0.1) is 0 Å². The zero-order valence-electron chi connectivity index (χ0n) is 17.0. The van der Waals surface area contributed by atoms with E-state index < -0.39 is 0 Å². The minimum absolute atomic E-state index is 0.0799. The normalized spacial score (nSPS) is 20.6. The van der Waals surface area contributed by atoms with Crippen LogP contribution in [0.2, 0.25) is 0 Å². The first kappa shape index (κ1) is 19.9. The van der Waals surface area contributed by atoms with Gasteiger partial charge >= 0.3 is 0 Å². The van der Waals surface area contributed by atoms with Gasteiger partial charge in [-0.1, -0.05) is 18.2 Å². The van der Waals surface area contributed by atoms with Crippen LogP contribution in [0.15, 0.2) is 34.9 Å². The first-order valence-corrected chi connectivity index (χ1v) is 10.4. The van der Waals surface area contributed by atoms with Gasteiger partial charge in [0.15, 0.2) is 0 Å². The number of ether oxygens (including phenoxy) is 2. The number of piperidine rings is 1. The van der Waals surface area contributed by atoms with E-state index in [1.165, 1.54) is 0 Å². The third-order valence-corrected chi connectivity index (χ3v) is 5.70. The molecular formula is C22H29N3O4. The van der Waals surface area contributed by atoms with Gasteiger partial charge in [0.25, 0.3) is 0 Å². The fourth-order valence-corrected chi connectivity index (χ4v) is 4.12. The lowest BCUT2D eigenvalue weighted by Crippen LogP contribution is -2.47. The summed E-state index contributed by atoms with van der Waals surface area (Å²) in [4.78, 5) is 21.6. The predicted molar refractivity (Wildman–Crippen MR) is 108 cm³/mol. The minimum atomic E-state index is -0.0799. The summed E-state index contributed by atoms with van der Waals surface area (Å²) in [5.41, 5.74) is 1.06. The Hall–Kier alpha value is -2.38. The fraction of sp³-hybridized carbons (Fsp3) is 0.545. The Balaban J connectivity index is 1.45. The molecule has 0 bridgehead atoms. The van der Waals surface area contributed by atoms with Crippen molar-refractivity contribution in [3.8, 4) is 5.75 Å². The number of likely N-dealkylation sites (tertiary alicyclic amines) is 1. The number of hydrogen-bond donors (Lipinski definition) is 0. The molecule has 2 fully saturated rings. The van der Waals surface area contributed by atoms with Crippen LogP contribution in [-0.2, 0) is 16.0 Å². The molecule has 0 saturated carbocycles. The Bertz CT molecular complexity index is 816. The van der Waals surface area contributed by atoms with Crippen molar-refractivity contribution in [2.24, 2.45) is 0 Å². The Morgan fingerprint density at radius 3 is 2.86 bits per heavy atom. The first-order valence-electron chi connectivity index (χ1n) is 10.4. The number of oxazole rings is 1. The van der Waals surface area contributed by atoms with Crippen molar-refractivity contribution in [3.63, 3.8) is 0 Å². The van der Waals surface area contributed by atoms with Crippen LogP contribution in [0.5, 0.6) is 5.75 Å². The van der Waals surface area contributed by atoms with Gasteiger partial charge in [-0.15, -0.1) is 0 Å². The van der Waals surface area contributed by atoms with Gasteiger partial charge in [-0.05, 0) is 25.3 Å². The lowest BCUT2D eigenvalue weighted by Gasteiger charge is -2.36. The molecular weight excluding hydrogens is 370 g/mol. The second-order valence-electron chi connectivity index (χ2n) is 7.64. The zero-order chi connectivity index (χ0) is 20.1. The number of methoxy groups -OCH3 is 1. The number of hydrogen-bond acceptors (Lipinski definition) is 6. The third kappa shape index (κ3) is 4.79. The Labute approximate surface area is 171 Å². The summed E-state index contributed by atoms with van der Waals surface area (Å²) in [7, 11) is 1.67. The molecule has 29 heavy (non-hydrogen) atoms. The highest BCUT2D eigenvalue weighted by atomic mass is 16.5. The fourth-order valence-electron chi connectivity index (χ4n) is 4.12. The molecule has 1 aromatic carbocycles. The van der Waals surface area contributed by atoms with E-state index >= 15 is 0 Å². The second-order valence-corrected chi connectivity index (χ2v) is 7.64. The van der Waals surface area contributed by atoms with Crippen molar-refractivity contribution in [3.05, 3.63) is 47.7 Å². The van der Waals surface area contributed by atoms with E-state index in [0.717, 1.165) is 56.0 Å². The van der Waals surface area contributed by atoms with Gasteiger partial charge < -0.3 is 18.8 Å². The van der Waals surface area contributed by atoms with Crippen LogP contribution in [0.25, 0.3) is 0 Å². The molecule has 2 saturated heterocycles.